The van der Waals surface area contributed by atoms with Gasteiger partial charge in [0.1, 0.15) is 11.0 Å². The highest BCUT2D eigenvalue weighted by atomic mass is 32.2. The summed E-state index contributed by atoms with van der Waals surface area (Å²) >= 11 is 1.83. The fourth-order valence-corrected chi connectivity index (χ4v) is 5.72. The first-order valence-electron chi connectivity index (χ1n) is 8.87. The molecule has 2 aliphatic rings. The predicted octanol–water partition coefficient (Wildman–Crippen LogP) is 4.65. The number of hydrogen-bond acceptors (Lipinski definition) is 3. The Morgan fingerprint density at radius 1 is 1.26 bits per heavy atom. The minimum atomic E-state index is -0.852. The minimum absolute atomic E-state index is 0.161. The summed E-state index contributed by atoms with van der Waals surface area (Å²) in [6, 6.07) is 10.2. The van der Waals surface area contributed by atoms with E-state index in [0.717, 1.165) is 12.3 Å². The van der Waals surface area contributed by atoms with Crippen molar-refractivity contribution in [2.24, 2.45) is 11.8 Å². The quantitative estimate of drug-likeness (QED) is 0.872. The number of benzene rings is 1. The molecular formula is C20H30O2S. The van der Waals surface area contributed by atoms with E-state index in [4.69, 9.17) is 4.74 Å². The molecule has 0 radical (unpaired) electrons. The molecule has 1 N–H and O–H groups in total. The van der Waals surface area contributed by atoms with Crippen LogP contribution in [0, 0.1) is 11.8 Å². The van der Waals surface area contributed by atoms with Gasteiger partial charge in [-0.3, -0.25) is 0 Å². The van der Waals surface area contributed by atoms with E-state index in [2.05, 4.69) is 32.9 Å². The average molecular weight is 335 g/mol. The lowest BCUT2D eigenvalue weighted by atomic mass is 9.74. The first-order valence-corrected chi connectivity index (χ1v) is 9.75. The van der Waals surface area contributed by atoms with Crippen LogP contribution in [0.25, 0.3) is 0 Å². The van der Waals surface area contributed by atoms with Gasteiger partial charge in [0.15, 0.2) is 0 Å². The van der Waals surface area contributed by atoms with Crippen LogP contribution in [0.3, 0.4) is 0 Å². The first-order chi connectivity index (χ1) is 10.8. The maximum absolute atomic E-state index is 11.1. The van der Waals surface area contributed by atoms with Crippen LogP contribution in [0.2, 0.25) is 0 Å². The molecule has 1 heterocycles. The summed E-state index contributed by atoms with van der Waals surface area (Å²) in [6.07, 6.45) is 4.61. The molecule has 1 aliphatic heterocycles. The van der Waals surface area contributed by atoms with Gasteiger partial charge >= 0.3 is 0 Å². The molecule has 1 aromatic carbocycles. The van der Waals surface area contributed by atoms with Gasteiger partial charge < -0.3 is 9.84 Å². The van der Waals surface area contributed by atoms with Crippen LogP contribution in [0.1, 0.15) is 52.5 Å². The molecule has 1 aromatic rings. The lowest BCUT2D eigenvalue weighted by Crippen LogP contribution is -2.55. The summed E-state index contributed by atoms with van der Waals surface area (Å²) in [4.78, 5) is 0. The minimum Gasteiger partial charge on any atom is -0.386 e. The maximum Gasteiger partial charge on any atom is 0.132 e. The number of rotatable bonds is 3. The highest BCUT2D eigenvalue weighted by Gasteiger charge is 2.50. The van der Waals surface area contributed by atoms with Crippen molar-refractivity contribution in [3.05, 3.63) is 35.9 Å². The lowest BCUT2D eigenvalue weighted by Gasteiger charge is -2.52. The molecule has 1 aliphatic carbocycles. The van der Waals surface area contributed by atoms with E-state index in [1.54, 1.807) is 0 Å². The molecule has 0 unspecified atom stereocenters. The van der Waals surface area contributed by atoms with E-state index < -0.39 is 5.60 Å². The molecule has 3 rings (SSSR count). The van der Waals surface area contributed by atoms with E-state index >= 15 is 0 Å². The van der Waals surface area contributed by atoms with Gasteiger partial charge in [-0.25, -0.2) is 0 Å². The summed E-state index contributed by atoms with van der Waals surface area (Å²) in [7, 11) is 0. The van der Waals surface area contributed by atoms with Crippen LogP contribution in [0.4, 0.5) is 0 Å². The average Bonchev–Trinajstić information content (AvgIpc) is 2.46. The largest absolute Gasteiger partial charge is 0.386 e. The Balaban J connectivity index is 1.76. The van der Waals surface area contributed by atoms with Crippen LogP contribution >= 0.6 is 11.8 Å². The second-order valence-electron chi connectivity index (χ2n) is 8.27. The first kappa shape index (κ1) is 17.3. The van der Waals surface area contributed by atoms with Crippen LogP contribution in [0.15, 0.2) is 30.3 Å². The topological polar surface area (TPSA) is 29.5 Å². The van der Waals surface area contributed by atoms with E-state index in [1.807, 2.05) is 36.9 Å². The van der Waals surface area contributed by atoms with Gasteiger partial charge in [0, 0.05) is 11.2 Å². The smallest absolute Gasteiger partial charge is 0.132 e. The van der Waals surface area contributed by atoms with Crippen molar-refractivity contribution >= 4 is 11.8 Å². The molecule has 0 amide bonds. The van der Waals surface area contributed by atoms with Crippen molar-refractivity contribution in [1.29, 1.82) is 0 Å². The number of ether oxygens (including phenoxy) is 1. The summed E-state index contributed by atoms with van der Waals surface area (Å²) in [5.41, 5.74) is 0.150. The Morgan fingerprint density at radius 2 is 1.96 bits per heavy atom. The monoisotopic (exact) mass is 334 g/mol. The Bertz CT molecular complexity index is 526. The van der Waals surface area contributed by atoms with Gasteiger partial charge in [-0.2, -0.15) is 0 Å². The Labute approximate surface area is 145 Å². The molecule has 0 spiro atoms. The zero-order valence-electron chi connectivity index (χ0n) is 14.8. The third-order valence-electron chi connectivity index (χ3n) is 5.57. The molecule has 5 atom stereocenters. The molecule has 3 heteroatoms. The zero-order valence-corrected chi connectivity index (χ0v) is 15.6. The Hall–Kier alpha value is -0.510. The molecular weight excluding hydrogens is 304 g/mol. The highest BCUT2D eigenvalue weighted by Crippen LogP contribution is 2.52. The second-order valence-corrected chi connectivity index (χ2v) is 9.99. The summed E-state index contributed by atoms with van der Waals surface area (Å²) < 4.78 is 6.61. The van der Waals surface area contributed by atoms with Crippen molar-refractivity contribution in [3.8, 4) is 0 Å². The van der Waals surface area contributed by atoms with Crippen molar-refractivity contribution in [3.63, 3.8) is 0 Å². The number of hydrogen-bond donors (Lipinski definition) is 1. The SMILES string of the molecule is C[C@@H]1CC[C@@H]2[C@@H](C1)O[C@@H]([C@](C)(O)Cc1ccccc1)SC2(C)C. The van der Waals surface area contributed by atoms with Gasteiger partial charge in [-0.1, -0.05) is 57.5 Å². The van der Waals surface area contributed by atoms with Crippen molar-refractivity contribution in [2.45, 2.75) is 75.3 Å². The van der Waals surface area contributed by atoms with E-state index in [1.165, 1.54) is 18.4 Å². The molecule has 1 saturated heterocycles. The fourth-order valence-electron chi connectivity index (χ4n) is 4.19. The lowest BCUT2D eigenvalue weighted by molar-refractivity contribution is -0.126. The molecule has 23 heavy (non-hydrogen) atoms. The number of thioether (sulfide) groups is 1. The van der Waals surface area contributed by atoms with E-state index in [0.29, 0.717) is 18.4 Å². The van der Waals surface area contributed by atoms with Crippen molar-refractivity contribution in [1.82, 2.24) is 0 Å². The van der Waals surface area contributed by atoms with Gasteiger partial charge in [-0.15, -0.1) is 11.8 Å². The summed E-state index contributed by atoms with van der Waals surface area (Å²) in [5, 5.41) is 11.1. The standard InChI is InChI=1S/C20H30O2S/c1-14-10-11-16-17(12-14)22-18(23-19(16,2)3)20(4,21)13-15-8-6-5-7-9-15/h5-9,14,16-18,21H,10-13H2,1-4H3/t14-,16-,17-,18-,20-/m1/s1. The van der Waals surface area contributed by atoms with Crippen molar-refractivity contribution in [2.75, 3.05) is 0 Å². The summed E-state index contributed by atoms with van der Waals surface area (Å²) in [6.45, 7) is 8.92. The highest BCUT2D eigenvalue weighted by molar-refractivity contribution is 8.01. The molecule has 0 aromatic heterocycles. The van der Waals surface area contributed by atoms with Gasteiger partial charge in [0.2, 0.25) is 0 Å². The van der Waals surface area contributed by atoms with E-state index in [-0.39, 0.29) is 10.2 Å². The second kappa shape index (κ2) is 6.42. The number of aliphatic hydroxyl groups is 1. The Kier molecular flexibility index (Phi) is 4.83. The van der Waals surface area contributed by atoms with Crippen LogP contribution in [-0.4, -0.2) is 27.0 Å². The van der Waals surface area contributed by atoms with Crippen LogP contribution in [0.5, 0.6) is 0 Å². The third-order valence-corrected chi connectivity index (χ3v) is 7.31. The van der Waals surface area contributed by atoms with Crippen LogP contribution < -0.4 is 0 Å². The predicted molar refractivity (Wildman–Crippen MR) is 97.6 cm³/mol. The molecule has 2 nitrogen and oxygen atoms in total. The van der Waals surface area contributed by atoms with Crippen molar-refractivity contribution < 1.29 is 9.84 Å². The third kappa shape index (κ3) is 3.78. The maximum atomic E-state index is 11.1. The van der Waals surface area contributed by atoms with Gasteiger partial charge in [0.05, 0.1) is 6.10 Å². The zero-order chi connectivity index (χ0) is 16.7. The van der Waals surface area contributed by atoms with E-state index in [9.17, 15) is 5.11 Å². The Morgan fingerprint density at radius 3 is 2.65 bits per heavy atom. The molecule has 128 valence electrons. The fraction of sp³-hybridized carbons (Fsp3) is 0.700. The molecule has 2 fully saturated rings. The molecule has 0 bridgehead atoms. The normalized spacial score (nSPS) is 36.0. The number of fused-ring (bicyclic) bond motifs is 1. The molecule has 1 saturated carbocycles. The van der Waals surface area contributed by atoms with Gasteiger partial charge in [0.25, 0.3) is 0 Å². The van der Waals surface area contributed by atoms with Gasteiger partial charge in [-0.05, 0) is 37.2 Å². The van der Waals surface area contributed by atoms with Crippen LogP contribution in [-0.2, 0) is 11.2 Å². The summed E-state index contributed by atoms with van der Waals surface area (Å²) in [5.74, 6) is 1.34.